The SMILES string of the molecule is Cc1ccc([C@H](NC(=O)CSc2ccccc2)c2ccccc2)cc1. The zero-order valence-electron chi connectivity index (χ0n) is 14.2. The topological polar surface area (TPSA) is 29.1 Å². The van der Waals surface area contributed by atoms with Gasteiger partial charge in [-0.2, -0.15) is 0 Å². The van der Waals surface area contributed by atoms with E-state index < -0.39 is 0 Å². The van der Waals surface area contributed by atoms with Gasteiger partial charge in [0.05, 0.1) is 11.8 Å². The van der Waals surface area contributed by atoms with Crippen LogP contribution in [0.25, 0.3) is 0 Å². The monoisotopic (exact) mass is 347 g/mol. The first-order chi connectivity index (χ1) is 12.2. The predicted octanol–water partition coefficient (Wildman–Crippen LogP) is 4.99. The smallest absolute Gasteiger partial charge is 0.231 e. The van der Waals surface area contributed by atoms with Crippen LogP contribution in [0.5, 0.6) is 0 Å². The van der Waals surface area contributed by atoms with Gasteiger partial charge >= 0.3 is 0 Å². The molecule has 0 aromatic heterocycles. The van der Waals surface area contributed by atoms with Crippen molar-refractivity contribution in [3.05, 3.63) is 102 Å². The number of hydrogen-bond acceptors (Lipinski definition) is 2. The van der Waals surface area contributed by atoms with E-state index in [0.717, 1.165) is 16.0 Å². The lowest BCUT2D eigenvalue weighted by Gasteiger charge is -2.20. The Balaban J connectivity index is 1.73. The zero-order valence-corrected chi connectivity index (χ0v) is 15.0. The number of amides is 1. The summed E-state index contributed by atoms with van der Waals surface area (Å²) in [6.45, 7) is 2.07. The fourth-order valence-corrected chi connectivity index (χ4v) is 3.36. The highest BCUT2D eigenvalue weighted by Gasteiger charge is 2.16. The highest BCUT2D eigenvalue weighted by molar-refractivity contribution is 8.00. The van der Waals surface area contributed by atoms with Crippen LogP contribution in [-0.4, -0.2) is 11.7 Å². The van der Waals surface area contributed by atoms with Crippen molar-refractivity contribution in [2.75, 3.05) is 5.75 Å². The van der Waals surface area contributed by atoms with E-state index >= 15 is 0 Å². The van der Waals surface area contributed by atoms with Crippen molar-refractivity contribution >= 4 is 17.7 Å². The number of nitrogens with one attached hydrogen (secondary N) is 1. The summed E-state index contributed by atoms with van der Waals surface area (Å²) in [6, 6.07) is 28.3. The molecule has 126 valence electrons. The molecule has 0 heterocycles. The first-order valence-corrected chi connectivity index (χ1v) is 9.29. The second-order valence-corrected chi connectivity index (χ2v) is 6.97. The predicted molar refractivity (Wildman–Crippen MR) is 105 cm³/mol. The molecule has 1 atom stereocenters. The average molecular weight is 347 g/mol. The van der Waals surface area contributed by atoms with Crippen molar-refractivity contribution in [1.29, 1.82) is 0 Å². The van der Waals surface area contributed by atoms with Crippen LogP contribution in [0.4, 0.5) is 0 Å². The molecule has 0 saturated heterocycles. The van der Waals surface area contributed by atoms with Crippen LogP contribution >= 0.6 is 11.8 Å². The maximum Gasteiger partial charge on any atom is 0.231 e. The van der Waals surface area contributed by atoms with Gasteiger partial charge in [-0.1, -0.05) is 78.4 Å². The minimum Gasteiger partial charge on any atom is -0.344 e. The normalized spacial score (nSPS) is 11.7. The van der Waals surface area contributed by atoms with Gasteiger partial charge in [-0.3, -0.25) is 4.79 Å². The minimum atomic E-state index is -0.134. The summed E-state index contributed by atoms with van der Waals surface area (Å²) < 4.78 is 0. The highest BCUT2D eigenvalue weighted by Crippen LogP contribution is 2.23. The largest absolute Gasteiger partial charge is 0.344 e. The lowest BCUT2D eigenvalue weighted by Crippen LogP contribution is -2.30. The number of carbonyl (C=O) groups excluding carboxylic acids is 1. The van der Waals surface area contributed by atoms with Crippen LogP contribution in [-0.2, 0) is 4.79 Å². The quantitative estimate of drug-likeness (QED) is 0.636. The number of carbonyl (C=O) groups is 1. The molecule has 0 aliphatic rings. The molecule has 1 N–H and O–H groups in total. The van der Waals surface area contributed by atoms with Crippen molar-refractivity contribution < 1.29 is 4.79 Å². The van der Waals surface area contributed by atoms with E-state index in [4.69, 9.17) is 0 Å². The number of rotatable bonds is 6. The van der Waals surface area contributed by atoms with Gasteiger partial charge in [-0.15, -0.1) is 11.8 Å². The summed E-state index contributed by atoms with van der Waals surface area (Å²) in [5.74, 6) is 0.433. The molecule has 3 aromatic carbocycles. The second-order valence-electron chi connectivity index (χ2n) is 5.92. The second kappa shape index (κ2) is 8.54. The molecule has 0 spiro atoms. The fourth-order valence-electron chi connectivity index (χ4n) is 2.63. The van der Waals surface area contributed by atoms with Crippen LogP contribution in [0.2, 0.25) is 0 Å². The molecule has 0 bridgehead atoms. The Morgan fingerprint density at radius 1 is 0.840 bits per heavy atom. The van der Waals surface area contributed by atoms with Crippen LogP contribution in [0, 0.1) is 6.92 Å². The van der Waals surface area contributed by atoms with E-state index in [1.165, 1.54) is 5.56 Å². The molecule has 0 radical (unpaired) electrons. The summed E-state index contributed by atoms with van der Waals surface area (Å²) in [5.41, 5.74) is 3.39. The molecular formula is C22H21NOS. The van der Waals surface area contributed by atoms with Crippen LogP contribution < -0.4 is 5.32 Å². The molecule has 0 fully saturated rings. The van der Waals surface area contributed by atoms with Gasteiger partial charge in [0, 0.05) is 4.90 Å². The van der Waals surface area contributed by atoms with Crippen LogP contribution in [0.15, 0.2) is 89.8 Å². The molecule has 0 aliphatic heterocycles. The molecule has 25 heavy (non-hydrogen) atoms. The summed E-state index contributed by atoms with van der Waals surface area (Å²) in [5, 5.41) is 3.18. The maximum atomic E-state index is 12.5. The van der Waals surface area contributed by atoms with E-state index in [1.54, 1.807) is 11.8 Å². The van der Waals surface area contributed by atoms with Crippen molar-refractivity contribution in [1.82, 2.24) is 5.32 Å². The molecule has 2 nitrogen and oxygen atoms in total. The van der Waals surface area contributed by atoms with E-state index in [2.05, 4.69) is 48.6 Å². The van der Waals surface area contributed by atoms with E-state index in [9.17, 15) is 4.79 Å². The van der Waals surface area contributed by atoms with Gasteiger partial charge in [-0.25, -0.2) is 0 Å². The molecule has 3 aromatic rings. The third-order valence-electron chi connectivity index (χ3n) is 3.96. The number of aryl methyl sites for hydroxylation is 1. The lowest BCUT2D eigenvalue weighted by molar-refractivity contribution is -0.119. The van der Waals surface area contributed by atoms with Crippen molar-refractivity contribution in [2.24, 2.45) is 0 Å². The van der Waals surface area contributed by atoms with Gasteiger partial charge in [0.25, 0.3) is 0 Å². The molecular weight excluding hydrogens is 326 g/mol. The van der Waals surface area contributed by atoms with Gasteiger partial charge in [0.2, 0.25) is 5.91 Å². The Hall–Kier alpha value is -2.52. The lowest BCUT2D eigenvalue weighted by atomic mass is 9.98. The summed E-state index contributed by atoms with van der Waals surface area (Å²) in [4.78, 5) is 13.6. The standard InChI is InChI=1S/C22H21NOS/c1-17-12-14-19(15-13-17)22(18-8-4-2-5-9-18)23-21(24)16-25-20-10-6-3-7-11-20/h2-15,22H,16H2,1H3,(H,23,24)/t22-/m1/s1. The average Bonchev–Trinajstić information content (AvgIpc) is 2.67. The van der Waals surface area contributed by atoms with Gasteiger partial charge < -0.3 is 5.32 Å². The van der Waals surface area contributed by atoms with E-state index in [0.29, 0.717) is 5.75 Å². The fraction of sp³-hybridized carbons (Fsp3) is 0.136. The maximum absolute atomic E-state index is 12.5. The first-order valence-electron chi connectivity index (χ1n) is 8.31. The molecule has 3 heteroatoms. The summed E-state index contributed by atoms with van der Waals surface area (Å²) in [6.07, 6.45) is 0. The van der Waals surface area contributed by atoms with Crippen LogP contribution in [0.3, 0.4) is 0 Å². The van der Waals surface area contributed by atoms with Gasteiger partial charge in [-0.05, 0) is 30.2 Å². The van der Waals surface area contributed by atoms with E-state index in [1.807, 2.05) is 48.5 Å². The minimum absolute atomic E-state index is 0.0308. The molecule has 0 saturated carbocycles. The summed E-state index contributed by atoms with van der Waals surface area (Å²) >= 11 is 1.55. The van der Waals surface area contributed by atoms with Crippen molar-refractivity contribution in [2.45, 2.75) is 17.9 Å². The van der Waals surface area contributed by atoms with Gasteiger partial charge in [0.1, 0.15) is 0 Å². The Labute approximate surface area is 153 Å². The molecule has 3 rings (SSSR count). The van der Waals surface area contributed by atoms with Crippen molar-refractivity contribution in [3.63, 3.8) is 0 Å². The molecule has 0 aliphatic carbocycles. The Bertz CT molecular complexity index is 800. The molecule has 0 unspecified atom stereocenters. The Morgan fingerprint density at radius 3 is 2.04 bits per heavy atom. The first kappa shape index (κ1) is 17.3. The molecule has 1 amide bonds. The third kappa shape index (κ3) is 4.97. The third-order valence-corrected chi connectivity index (χ3v) is 4.97. The number of benzene rings is 3. The van der Waals surface area contributed by atoms with Gasteiger partial charge in [0.15, 0.2) is 0 Å². The number of thioether (sulfide) groups is 1. The number of hydrogen-bond donors (Lipinski definition) is 1. The van der Waals surface area contributed by atoms with E-state index in [-0.39, 0.29) is 11.9 Å². The highest BCUT2D eigenvalue weighted by atomic mass is 32.2. The Morgan fingerprint density at radius 2 is 1.40 bits per heavy atom. The summed E-state index contributed by atoms with van der Waals surface area (Å²) in [7, 11) is 0. The van der Waals surface area contributed by atoms with Crippen molar-refractivity contribution in [3.8, 4) is 0 Å². The zero-order chi connectivity index (χ0) is 17.5. The van der Waals surface area contributed by atoms with Crippen LogP contribution in [0.1, 0.15) is 22.7 Å². The Kier molecular flexibility index (Phi) is 5.91.